The number of ketones is 2. The van der Waals surface area contributed by atoms with Crippen molar-refractivity contribution >= 4 is 17.5 Å². The summed E-state index contributed by atoms with van der Waals surface area (Å²) in [5.41, 5.74) is 1.44. The summed E-state index contributed by atoms with van der Waals surface area (Å²) in [5.74, 6) is 3.01. The molecular weight excluding hydrogens is 446 g/mol. The molecule has 1 N–H and O–H groups in total. The molecule has 6 unspecified atom stereocenters. The van der Waals surface area contributed by atoms with E-state index < -0.39 is 0 Å². The van der Waals surface area contributed by atoms with E-state index in [1.165, 1.54) is 5.56 Å². The van der Waals surface area contributed by atoms with Crippen LogP contribution in [-0.2, 0) is 14.4 Å². The van der Waals surface area contributed by atoms with E-state index in [0.29, 0.717) is 60.9 Å². The fraction of sp³-hybridized carbons (Fsp3) is 0.719. The Morgan fingerprint density at radius 3 is 2.44 bits per heavy atom. The van der Waals surface area contributed by atoms with Crippen LogP contribution in [0, 0.1) is 46.3 Å². The van der Waals surface area contributed by atoms with Crippen LogP contribution in [0.5, 0.6) is 0 Å². The number of rotatable bonds is 6. The molecule has 4 fully saturated rings. The third-order valence-electron chi connectivity index (χ3n) is 11.5. The molecule has 0 spiro atoms. The number of carbonyl (C=O) groups is 3. The number of hydrogen-bond acceptors (Lipinski definition) is 3. The lowest BCUT2D eigenvalue weighted by atomic mass is 9.44. The minimum Gasteiger partial charge on any atom is -0.349 e. The number of fused-ring (bicyclic) bond motifs is 5. The lowest BCUT2D eigenvalue weighted by molar-refractivity contribution is -0.159. The van der Waals surface area contributed by atoms with Crippen molar-refractivity contribution in [3.8, 4) is 0 Å². The molecule has 4 aliphatic carbocycles. The minimum absolute atomic E-state index is 0.0594. The van der Waals surface area contributed by atoms with Gasteiger partial charge in [0.25, 0.3) is 0 Å². The molecule has 0 saturated heterocycles. The van der Waals surface area contributed by atoms with Crippen molar-refractivity contribution in [1.29, 1.82) is 0 Å². The number of benzene rings is 1. The van der Waals surface area contributed by atoms with Gasteiger partial charge in [0.05, 0.1) is 6.04 Å². The molecule has 4 nitrogen and oxygen atoms in total. The van der Waals surface area contributed by atoms with Gasteiger partial charge in [0.15, 0.2) is 0 Å². The van der Waals surface area contributed by atoms with Crippen LogP contribution >= 0.6 is 0 Å². The van der Waals surface area contributed by atoms with Crippen LogP contribution < -0.4 is 5.32 Å². The summed E-state index contributed by atoms with van der Waals surface area (Å²) in [5, 5.41) is 3.29. The molecule has 4 saturated carbocycles. The Morgan fingerprint density at radius 2 is 1.72 bits per heavy atom. The van der Waals surface area contributed by atoms with Crippen molar-refractivity contribution < 1.29 is 14.4 Å². The van der Waals surface area contributed by atoms with Crippen molar-refractivity contribution in [2.24, 2.45) is 46.3 Å². The summed E-state index contributed by atoms with van der Waals surface area (Å²) in [6.45, 7) is 9.22. The van der Waals surface area contributed by atoms with Crippen LogP contribution in [0.4, 0.5) is 0 Å². The fourth-order valence-electron chi connectivity index (χ4n) is 9.49. The zero-order chi connectivity index (χ0) is 25.7. The SMILES string of the molecule is CCC(NC(=O)C[C@@H](C)C1CC[C@H]2C3C(=O)CC4CC(=O)CCC4(C)[C@H]3CCC12C)c1ccccc1. The Labute approximate surface area is 217 Å². The molecular formula is C32H45NO3. The first-order chi connectivity index (χ1) is 17.2. The van der Waals surface area contributed by atoms with Gasteiger partial charge in [-0.1, -0.05) is 58.0 Å². The zero-order valence-electron chi connectivity index (χ0n) is 22.7. The van der Waals surface area contributed by atoms with Gasteiger partial charge in [-0.15, -0.1) is 0 Å². The van der Waals surface area contributed by atoms with Gasteiger partial charge in [0.2, 0.25) is 5.91 Å². The summed E-state index contributed by atoms with van der Waals surface area (Å²) in [6, 6.07) is 10.3. The van der Waals surface area contributed by atoms with Gasteiger partial charge in [-0.2, -0.15) is 0 Å². The highest BCUT2D eigenvalue weighted by molar-refractivity contribution is 5.86. The standard InChI is InChI=1S/C32H45NO3/c1-5-27(21-9-7-6-8-10-21)33-29(36)17-20(2)24-11-12-25-30-26(14-16-32(24,25)4)31(3)15-13-23(34)18-22(31)19-28(30)35/h6-10,20,22,24-27,30H,5,11-19H2,1-4H3,(H,33,36)/t20-,22?,24?,25+,26+,27?,30?,31?,32?/m1/s1. The summed E-state index contributed by atoms with van der Waals surface area (Å²) in [7, 11) is 0. The molecule has 0 heterocycles. The second-order valence-electron chi connectivity index (χ2n) is 13.2. The first-order valence-corrected chi connectivity index (χ1v) is 14.6. The second kappa shape index (κ2) is 9.72. The second-order valence-corrected chi connectivity index (χ2v) is 13.2. The molecule has 5 rings (SSSR count). The number of carbonyl (C=O) groups excluding carboxylic acids is 3. The van der Waals surface area contributed by atoms with Gasteiger partial charge in [0.1, 0.15) is 11.6 Å². The Bertz CT molecular complexity index is 1000. The molecule has 1 amide bonds. The molecule has 0 bridgehead atoms. The third-order valence-corrected chi connectivity index (χ3v) is 11.5. The average Bonchev–Trinajstić information content (AvgIpc) is 3.21. The Balaban J connectivity index is 1.28. The van der Waals surface area contributed by atoms with Gasteiger partial charge in [-0.05, 0) is 84.5 Å². The lowest BCUT2D eigenvalue weighted by Crippen LogP contribution is -2.57. The summed E-state index contributed by atoms with van der Waals surface area (Å²) < 4.78 is 0. The molecule has 9 atom stereocenters. The number of amides is 1. The van der Waals surface area contributed by atoms with Crippen LogP contribution in [0.25, 0.3) is 0 Å². The van der Waals surface area contributed by atoms with Crippen LogP contribution in [0.15, 0.2) is 30.3 Å². The zero-order valence-corrected chi connectivity index (χ0v) is 22.7. The minimum atomic E-state index is 0.0594. The van der Waals surface area contributed by atoms with Crippen molar-refractivity contribution in [1.82, 2.24) is 5.32 Å². The first kappa shape index (κ1) is 25.7. The van der Waals surface area contributed by atoms with E-state index in [4.69, 9.17) is 0 Å². The quantitative estimate of drug-likeness (QED) is 0.482. The molecule has 0 aliphatic heterocycles. The van der Waals surface area contributed by atoms with Gasteiger partial charge >= 0.3 is 0 Å². The predicted molar refractivity (Wildman–Crippen MR) is 142 cm³/mol. The maximum Gasteiger partial charge on any atom is 0.220 e. The van der Waals surface area contributed by atoms with Crippen molar-refractivity contribution in [3.05, 3.63) is 35.9 Å². The molecule has 196 valence electrons. The van der Waals surface area contributed by atoms with Crippen molar-refractivity contribution in [3.63, 3.8) is 0 Å². The molecule has 4 aliphatic rings. The first-order valence-electron chi connectivity index (χ1n) is 14.6. The number of nitrogens with one attached hydrogen (secondary N) is 1. The average molecular weight is 492 g/mol. The highest BCUT2D eigenvalue weighted by Crippen LogP contribution is 2.67. The van der Waals surface area contributed by atoms with Crippen LogP contribution in [0.3, 0.4) is 0 Å². The summed E-state index contributed by atoms with van der Waals surface area (Å²) in [4.78, 5) is 38.9. The van der Waals surface area contributed by atoms with Gasteiger partial charge in [0, 0.05) is 31.6 Å². The van der Waals surface area contributed by atoms with Gasteiger partial charge in [-0.3, -0.25) is 14.4 Å². The van der Waals surface area contributed by atoms with E-state index in [1.54, 1.807) is 0 Å². The normalized spacial score (nSPS) is 39.5. The molecule has 36 heavy (non-hydrogen) atoms. The maximum atomic E-state index is 13.6. The highest BCUT2D eigenvalue weighted by Gasteiger charge is 2.63. The molecule has 0 radical (unpaired) electrons. The van der Waals surface area contributed by atoms with E-state index in [9.17, 15) is 14.4 Å². The molecule has 1 aromatic rings. The van der Waals surface area contributed by atoms with E-state index in [-0.39, 0.29) is 34.6 Å². The van der Waals surface area contributed by atoms with Crippen LogP contribution in [-0.4, -0.2) is 17.5 Å². The Morgan fingerprint density at radius 1 is 1.00 bits per heavy atom. The Kier molecular flexibility index (Phi) is 6.93. The topological polar surface area (TPSA) is 63.2 Å². The number of Topliss-reactive ketones (excluding diaryl/α,β-unsaturated/α-hetero) is 2. The molecule has 4 heteroatoms. The van der Waals surface area contributed by atoms with Crippen LogP contribution in [0.2, 0.25) is 0 Å². The van der Waals surface area contributed by atoms with Crippen LogP contribution in [0.1, 0.15) is 104 Å². The third kappa shape index (κ3) is 4.27. The summed E-state index contributed by atoms with van der Waals surface area (Å²) in [6.07, 6.45) is 8.82. The van der Waals surface area contributed by atoms with Crippen molar-refractivity contribution in [2.45, 2.75) is 97.9 Å². The Hall–Kier alpha value is -1.97. The highest BCUT2D eigenvalue weighted by atomic mass is 16.2. The lowest BCUT2D eigenvalue weighted by Gasteiger charge is -2.59. The van der Waals surface area contributed by atoms with E-state index in [1.807, 2.05) is 18.2 Å². The monoisotopic (exact) mass is 491 g/mol. The van der Waals surface area contributed by atoms with Gasteiger partial charge in [-0.25, -0.2) is 0 Å². The van der Waals surface area contributed by atoms with E-state index in [2.05, 4.69) is 45.1 Å². The number of hydrogen-bond donors (Lipinski definition) is 1. The molecule has 0 aromatic heterocycles. The van der Waals surface area contributed by atoms with Gasteiger partial charge < -0.3 is 5.32 Å². The largest absolute Gasteiger partial charge is 0.349 e. The maximum absolute atomic E-state index is 13.6. The van der Waals surface area contributed by atoms with E-state index >= 15 is 0 Å². The predicted octanol–water partition coefficient (Wildman–Crippen LogP) is 6.69. The van der Waals surface area contributed by atoms with Crippen molar-refractivity contribution in [2.75, 3.05) is 0 Å². The smallest absolute Gasteiger partial charge is 0.220 e. The summed E-state index contributed by atoms with van der Waals surface area (Å²) >= 11 is 0. The fourth-order valence-corrected chi connectivity index (χ4v) is 9.49. The molecule has 1 aromatic carbocycles. The van der Waals surface area contributed by atoms with E-state index in [0.717, 1.165) is 38.5 Å².